The van der Waals surface area contributed by atoms with E-state index in [2.05, 4.69) is 23.5 Å². The molecule has 0 unspecified atom stereocenters. The number of ether oxygens (including phenoxy) is 1. The second kappa shape index (κ2) is 18.3. The predicted molar refractivity (Wildman–Crippen MR) is 101 cm³/mol. The van der Waals surface area contributed by atoms with Crippen molar-refractivity contribution < 1.29 is 14.6 Å². The highest BCUT2D eigenvalue weighted by molar-refractivity contribution is 5.68. The highest BCUT2D eigenvalue weighted by atomic mass is 16.5. The third-order valence-corrected chi connectivity index (χ3v) is 4.26. The summed E-state index contributed by atoms with van der Waals surface area (Å²) in [7, 11) is 1.40. The first-order valence-corrected chi connectivity index (χ1v) is 9.94. The van der Waals surface area contributed by atoms with E-state index in [9.17, 15) is 9.90 Å². The normalized spacial score (nSPS) is 11.6. The van der Waals surface area contributed by atoms with Crippen LogP contribution in [0.3, 0.4) is 0 Å². The fourth-order valence-electron chi connectivity index (χ4n) is 2.67. The Labute approximate surface area is 149 Å². The molecule has 0 aromatic rings. The van der Waals surface area contributed by atoms with Gasteiger partial charge in [-0.3, -0.25) is 4.79 Å². The summed E-state index contributed by atoms with van der Waals surface area (Å²) in [6.07, 6.45) is 16.3. The van der Waals surface area contributed by atoms with E-state index in [0.717, 1.165) is 25.7 Å². The molecule has 0 aliphatic rings. The number of hydrogen-bond donors (Lipinski definition) is 1. The Morgan fingerprint density at radius 1 is 0.917 bits per heavy atom. The fourth-order valence-corrected chi connectivity index (χ4v) is 2.67. The molecule has 0 amide bonds. The first-order valence-electron chi connectivity index (χ1n) is 9.94. The molecule has 0 spiro atoms. The molecule has 0 fully saturated rings. The second-order valence-electron chi connectivity index (χ2n) is 6.59. The van der Waals surface area contributed by atoms with E-state index in [-0.39, 0.29) is 5.97 Å². The zero-order valence-corrected chi connectivity index (χ0v) is 15.9. The van der Waals surface area contributed by atoms with E-state index in [4.69, 9.17) is 0 Å². The number of aliphatic hydroxyl groups excluding tert-OH is 1. The summed E-state index contributed by atoms with van der Waals surface area (Å²) < 4.78 is 4.58. The van der Waals surface area contributed by atoms with Gasteiger partial charge in [-0.2, -0.15) is 0 Å². The van der Waals surface area contributed by atoms with Crippen molar-refractivity contribution in [2.24, 2.45) is 0 Å². The molecule has 140 valence electrons. The average Bonchev–Trinajstić information content (AvgIpc) is 2.59. The molecule has 1 N–H and O–H groups in total. The maximum atomic E-state index is 10.9. The molecule has 0 rings (SSSR count). The van der Waals surface area contributed by atoms with Crippen LogP contribution in [0.5, 0.6) is 0 Å². The van der Waals surface area contributed by atoms with Gasteiger partial charge in [-0.05, 0) is 25.7 Å². The standard InChI is InChI=1S/C21H38O3/c1-3-4-5-6-7-8-9-10-11-12-13-14-17-20(22)18-15-16-19-21(23)24-2/h20,22H,3-13,15-16,18-19H2,1-2H3/t20-/m0/s1. The van der Waals surface area contributed by atoms with Gasteiger partial charge in [0.1, 0.15) is 6.10 Å². The Bertz CT molecular complexity index is 341. The molecule has 0 heterocycles. The van der Waals surface area contributed by atoms with Gasteiger partial charge in [0.05, 0.1) is 7.11 Å². The molecule has 1 atom stereocenters. The van der Waals surface area contributed by atoms with E-state index in [1.165, 1.54) is 64.9 Å². The van der Waals surface area contributed by atoms with Gasteiger partial charge < -0.3 is 9.84 Å². The number of carbonyl (C=O) groups excluding carboxylic acids is 1. The van der Waals surface area contributed by atoms with E-state index in [1.54, 1.807) is 0 Å². The minimum absolute atomic E-state index is 0.184. The number of hydrogen-bond acceptors (Lipinski definition) is 3. The van der Waals surface area contributed by atoms with Crippen molar-refractivity contribution in [2.75, 3.05) is 7.11 Å². The summed E-state index contributed by atoms with van der Waals surface area (Å²) in [6, 6.07) is 0. The monoisotopic (exact) mass is 338 g/mol. The fraction of sp³-hybridized carbons (Fsp3) is 0.857. The zero-order chi connectivity index (χ0) is 17.9. The molecule has 3 nitrogen and oxygen atoms in total. The third-order valence-electron chi connectivity index (χ3n) is 4.26. The molecular formula is C21H38O3. The van der Waals surface area contributed by atoms with E-state index >= 15 is 0 Å². The Hall–Kier alpha value is -1.01. The van der Waals surface area contributed by atoms with Crippen molar-refractivity contribution in [3.05, 3.63) is 0 Å². The van der Waals surface area contributed by atoms with Crippen LogP contribution in [0.1, 0.15) is 103 Å². The molecule has 0 saturated heterocycles. The number of aliphatic hydroxyl groups is 1. The van der Waals surface area contributed by atoms with Crippen molar-refractivity contribution in [3.63, 3.8) is 0 Å². The lowest BCUT2D eigenvalue weighted by Crippen LogP contribution is -2.04. The topological polar surface area (TPSA) is 46.5 Å². The van der Waals surface area contributed by atoms with Crippen molar-refractivity contribution in [3.8, 4) is 11.8 Å². The maximum Gasteiger partial charge on any atom is 0.305 e. The van der Waals surface area contributed by atoms with Gasteiger partial charge in [0.2, 0.25) is 0 Å². The average molecular weight is 339 g/mol. The van der Waals surface area contributed by atoms with Crippen molar-refractivity contribution in [1.29, 1.82) is 0 Å². The van der Waals surface area contributed by atoms with Crippen LogP contribution in [0.4, 0.5) is 0 Å². The van der Waals surface area contributed by atoms with E-state index in [0.29, 0.717) is 12.8 Å². The van der Waals surface area contributed by atoms with Gasteiger partial charge in [0, 0.05) is 12.8 Å². The zero-order valence-electron chi connectivity index (χ0n) is 15.9. The first-order chi connectivity index (χ1) is 11.7. The molecule has 3 heteroatoms. The molecule has 0 aromatic carbocycles. The minimum atomic E-state index is -0.550. The number of methoxy groups -OCH3 is 1. The van der Waals surface area contributed by atoms with Crippen molar-refractivity contribution >= 4 is 5.97 Å². The summed E-state index contributed by atoms with van der Waals surface area (Å²) in [4.78, 5) is 10.9. The van der Waals surface area contributed by atoms with Gasteiger partial charge in [-0.1, -0.05) is 70.6 Å². The van der Waals surface area contributed by atoms with E-state index < -0.39 is 6.10 Å². The smallest absolute Gasteiger partial charge is 0.305 e. The van der Waals surface area contributed by atoms with Gasteiger partial charge in [0.15, 0.2) is 0 Å². The van der Waals surface area contributed by atoms with Crippen LogP contribution in [0, 0.1) is 11.8 Å². The molecular weight excluding hydrogens is 300 g/mol. The Morgan fingerprint density at radius 3 is 2.08 bits per heavy atom. The summed E-state index contributed by atoms with van der Waals surface area (Å²) >= 11 is 0. The Morgan fingerprint density at radius 2 is 1.50 bits per heavy atom. The van der Waals surface area contributed by atoms with Crippen LogP contribution in [0.2, 0.25) is 0 Å². The van der Waals surface area contributed by atoms with Gasteiger partial charge in [-0.25, -0.2) is 0 Å². The van der Waals surface area contributed by atoms with Crippen LogP contribution in [0.15, 0.2) is 0 Å². The largest absolute Gasteiger partial charge is 0.469 e. The highest BCUT2D eigenvalue weighted by Gasteiger charge is 2.02. The van der Waals surface area contributed by atoms with Crippen LogP contribution in [-0.2, 0) is 9.53 Å². The number of unbranched alkanes of at least 4 members (excludes halogenated alkanes) is 11. The van der Waals surface area contributed by atoms with Crippen molar-refractivity contribution in [1.82, 2.24) is 0 Å². The maximum absolute atomic E-state index is 10.9. The lowest BCUT2D eigenvalue weighted by Gasteiger charge is -2.03. The molecule has 0 aliphatic heterocycles. The lowest BCUT2D eigenvalue weighted by molar-refractivity contribution is -0.140. The van der Waals surface area contributed by atoms with Crippen LogP contribution in [-0.4, -0.2) is 24.3 Å². The number of rotatable bonds is 15. The van der Waals surface area contributed by atoms with Gasteiger partial charge >= 0.3 is 5.97 Å². The van der Waals surface area contributed by atoms with Gasteiger partial charge in [0.25, 0.3) is 0 Å². The second-order valence-corrected chi connectivity index (χ2v) is 6.59. The van der Waals surface area contributed by atoms with Crippen LogP contribution < -0.4 is 0 Å². The van der Waals surface area contributed by atoms with Crippen molar-refractivity contribution in [2.45, 2.75) is 109 Å². The summed E-state index contributed by atoms with van der Waals surface area (Å²) in [5.74, 6) is 5.80. The Balaban J connectivity index is 3.33. The summed E-state index contributed by atoms with van der Waals surface area (Å²) in [6.45, 7) is 2.26. The lowest BCUT2D eigenvalue weighted by atomic mass is 10.1. The third kappa shape index (κ3) is 17.3. The Kier molecular flexibility index (Phi) is 17.6. The van der Waals surface area contributed by atoms with E-state index in [1.807, 2.05) is 0 Å². The summed E-state index contributed by atoms with van der Waals surface area (Å²) in [5, 5.41) is 9.74. The predicted octanol–water partition coefficient (Wildman–Crippen LogP) is 5.40. The van der Waals surface area contributed by atoms with Crippen LogP contribution >= 0.6 is 0 Å². The first kappa shape index (κ1) is 23.0. The highest BCUT2D eigenvalue weighted by Crippen LogP contribution is 2.11. The molecule has 0 bridgehead atoms. The molecule has 0 radical (unpaired) electrons. The number of carbonyl (C=O) groups is 1. The molecule has 0 saturated carbocycles. The minimum Gasteiger partial charge on any atom is -0.469 e. The molecule has 0 aliphatic carbocycles. The van der Waals surface area contributed by atoms with Gasteiger partial charge in [-0.15, -0.1) is 5.92 Å². The van der Waals surface area contributed by atoms with Crippen LogP contribution in [0.25, 0.3) is 0 Å². The SMILES string of the molecule is CCCCCCCCCCCCC#C[C@H](O)CCCCC(=O)OC. The quantitative estimate of drug-likeness (QED) is 0.247. The number of esters is 1. The molecule has 24 heavy (non-hydrogen) atoms. The molecule has 0 aromatic heterocycles. The summed E-state index contributed by atoms with van der Waals surface area (Å²) in [5.41, 5.74) is 0.